The molecule has 0 aliphatic rings. The highest BCUT2D eigenvalue weighted by Crippen LogP contribution is 2.20. The summed E-state index contributed by atoms with van der Waals surface area (Å²) in [6.07, 6.45) is 1.89. The number of amides is 1. The Morgan fingerprint density at radius 3 is 2.88 bits per heavy atom. The number of nitrogens with one attached hydrogen (secondary N) is 1. The lowest BCUT2D eigenvalue weighted by atomic mass is 10.0. The second kappa shape index (κ2) is 6.20. The number of ether oxygens (including phenoxy) is 1. The molecule has 0 bridgehead atoms. The van der Waals surface area contributed by atoms with Crippen molar-refractivity contribution in [2.75, 3.05) is 12.4 Å². The van der Waals surface area contributed by atoms with Gasteiger partial charge >= 0.3 is 0 Å². The van der Waals surface area contributed by atoms with Crippen molar-refractivity contribution in [2.45, 2.75) is 26.3 Å². The second-order valence-electron chi connectivity index (χ2n) is 4.22. The average molecular weight is 237 g/mol. The minimum Gasteiger partial charge on any atom is -0.480 e. The van der Waals surface area contributed by atoms with E-state index in [1.807, 2.05) is 13.8 Å². The van der Waals surface area contributed by atoms with Crippen LogP contribution in [-0.4, -0.2) is 24.0 Å². The Hall–Kier alpha value is -1.62. The number of anilines is 1. The SMILES string of the molecule is COc1ncccc1NC(=O)CC(N)C(C)C. The summed E-state index contributed by atoms with van der Waals surface area (Å²) in [5.74, 6) is 0.549. The van der Waals surface area contributed by atoms with Gasteiger partial charge in [-0.1, -0.05) is 13.8 Å². The van der Waals surface area contributed by atoms with Crippen molar-refractivity contribution in [2.24, 2.45) is 11.7 Å². The van der Waals surface area contributed by atoms with E-state index in [-0.39, 0.29) is 24.3 Å². The number of methoxy groups -OCH3 is 1. The monoisotopic (exact) mass is 237 g/mol. The molecule has 5 nitrogen and oxygen atoms in total. The third-order valence-corrected chi connectivity index (χ3v) is 2.52. The molecule has 0 spiro atoms. The van der Waals surface area contributed by atoms with Crippen LogP contribution in [0.5, 0.6) is 5.88 Å². The van der Waals surface area contributed by atoms with Crippen LogP contribution in [0.15, 0.2) is 18.3 Å². The molecule has 1 atom stereocenters. The molecule has 17 heavy (non-hydrogen) atoms. The van der Waals surface area contributed by atoms with E-state index in [2.05, 4.69) is 10.3 Å². The Morgan fingerprint density at radius 2 is 2.29 bits per heavy atom. The quantitative estimate of drug-likeness (QED) is 0.811. The zero-order valence-corrected chi connectivity index (χ0v) is 10.4. The summed E-state index contributed by atoms with van der Waals surface area (Å²) >= 11 is 0. The summed E-state index contributed by atoms with van der Waals surface area (Å²) in [6.45, 7) is 3.98. The average Bonchev–Trinajstić information content (AvgIpc) is 2.29. The Kier molecular flexibility index (Phi) is 4.90. The zero-order valence-electron chi connectivity index (χ0n) is 10.4. The summed E-state index contributed by atoms with van der Waals surface area (Å²) in [5, 5.41) is 2.74. The van der Waals surface area contributed by atoms with Crippen LogP contribution in [0.1, 0.15) is 20.3 Å². The number of aromatic nitrogens is 1. The maximum Gasteiger partial charge on any atom is 0.237 e. The number of nitrogens with zero attached hydrogens (tertiary/aromatic N) is 1. The first kappa shape index (κ1) is 13.4. The normalized spacial score (nSPS) is 12.3. The number of rotatable bonds is 5. The van der Waals surface area contributed by atoms with Crippen LogP contribution in [0.25, 0.3) is 0 Å². The van der Waals surface area contributed by atoms with E-state index < -0.39 is 0 Å². The number of carbonyl (C=O) groups is 1. The van der Waals surface area contributed by atoms with E-state index in [9.17, 15) is 4.79 Å². The molecule has 0 saturated carbocycles. The molecule has 94 valence electrons. The van der Waals surface area contributed by atoms with Gasteiger partial charge in [0.2, 0.25) is 11.8 Å². The minimum absolute atomic E-state index is 0.127. The molecule has 0 aliphatic heterocycles. The van der Waals surface area contributed by atoms with Gasteiger partial charge in [0.05, 0.1) is 7.11 Å². The van der Waals surface area contributed by atoms with Gasteiger partial charge in [0, 0.05) is 18.7 Å². The number of hydrogen-bond acceptors (Lipinski definition) is 4. The van der Waals surface area contributed by atoms with Gasteiger partial charge in [-0.15, -0.1) is 0 Å². The Bertz CT molecular complexity index is 380. The lowest BCUT2D eigenvalue weighted by Crippen LogP contribution is -2.31. The molecule has 1 amide bonds. The molecule has 0 saturated heterocycles. The summed E-state index contributed by atoms with van der Waals surface area (Å²) in [4.78, 5) is 15.7. The van der Waals surface area contributed by atoms with Gasteiger partial charge in [0.25, 0.3) is 0 Å². The molecule has 5 heteroatoms. The van der Waals surface area contributed by atoms with Crippen molar-refractivity contribution in [3.63, 3.8) is 0 Å². The molecule has 0 fully saturated rings. The maximum atomic E-state index is 11.7. The van der Waals surface area contributed by atoms with Crippen LogP contribution >= 0.6 is 0 Å². The van der Waals surface area contributed by atoms with Gasteiger partial charge in [0.1, 0.15) is 5.69 Å². The largest absolute Gasteiger partial charge is 0.480 e. The van der Waals surface area contributed by atoms with Crippen molar-refractivity contribution in [1.82, 2.24) is 4.98 Å². The molecule has 0 aliphatic carbocycles. The second-order valence-corrected chi connectivity index (χ2v) is 4.22. The standard InChI is InChI=1S/C12H19N3O2/c1-8(2)9(13)7-11(16)15-10-5-4-6-14-12(10)17-3/h4-6,8-9H,7,13H2,1-3H3,(H,15,16). The Balaban J connectivity index is 2.62. The molecule has 1 rings (SSSR count). The summed E-state index contributed by atoms with van der Waals surface area (Å²) in [7, 11) is 1.51. The molecule has 1 unspecified atom stereocenters. The fraction of sp³-hybridized carbons (Fsp3) is 0.500. The van der Waals surface area contributed by atoms with Gasteiger partial charge in [-0.25, -0.2) is 4.98 Å². The van der Waals surface area contributed by atoms with Crippen molar-refractivity contribution >= 4 is 11.6 Å². The molecular formula is C12H19N3O2. The first-order chi connectivity index (χ1) is 8.04. The van der Waals surface area contributed by atoms with Gasteiger partial charge in [-0.05, 0) is 18.1 Å². The zero-order chi connectivity index (χ0) is 12.8. The summed E-state index contributed by atoms with van der Waals surface area (Å²) in [6, 6.07) is 3.34. The fourth-order valence-corrected chi connectivity index (χ4v) is 1.30. The van der Waals surface area contributed by atoms with Crippen LogP contribution < -0.4 is 15.8 Å². The van der Waals surface area contributed by atoms with E-state index >= 15 is 0 Å². The van der Waals surface area contributed by atoms with Gasteiger partial charge in [0.15, 0.2) is 0 Å². The highest BCUT2D eigenvalue weighted by molar-refractivity contribution is 5.92. The third kappa shape index (κ3) is 4.03. The Labute approximate surface area is 101 Å². The summed E-state index contributed by atoms with van der Waals surface area (Å²) < 4.78 is 5.04. The molecule has 0 radical (unpaired) electrons. The predicted molar refractivity (Wildman–Crippen MR) is 66.8 cm³/mol. The van der Waals surface area contributed by atoms with Crippen LogP contribution in [0.2, 0.25) is 0 Å². The first-order valence-electron chi connectivity index (χ1n) is 5.59. The van der Waals surface area contributed by atoms with Gasteiger partial charge in [-0.3, -0.25) is 4.79 Å². The van der Waals surface area contributed by atoms with E-state index in [1.165, 1.54) is 7.11 Å². The van der Waals surface area contributed by atoms with Gasteiger partial charge < -0.3 is 15.8 Å². The first-order valence-corrected chi connectivity index (χ1v) is 5.59. The van der Waals surface area contributed by atoms with Crippen molar-refractivity contribution in [3.05, 3.63) is 18.3 Å². The molecule has 0 aromatic carbocycles. The summed E-state index contributed by atoms with van der Waals surface area (Å²) in [5.41, 5.74) is 6.40. The number of carbonyl (C=O) groups excluding carboxylic acids is 1. The van der Waals surface area contributed by atoms with E-state index in [1.54, 1.807) is 18.3 Å². The van der Waals surface area contributed by atoms with Crippen molar-refractivity contribution in [1.29, 1.82) is 0 Å². The topological polar surface area (TPSA) is 77.2 Å². The van der Waals surface area contributed by atoms with E-state index in [4.69, 9.17) is 10.5 Å². The third-order valence-electron chi connectivity index (χ3n) is 2.52. The van der Waals surface area contributed by atoms with Crippen molar-refractivity contribution in [3.8, 4) is 5.88 Å². The lowest BCUT2D eigenvalue weighted by Gasteiger charge is -2.15. The van der Waals surface area contributed by atoms with E-state index in [0.29, 0.717) is 11.6 Å². The van der Waals surface area contributed by atoms with Gasteiger partial charge in [-0.2, -0.15) is 0 Å². The van der Waals surface area contributed by atoms with Crippen LogP contribution in [0.3, 0.4) is 0 Å². The number of nitrogens with two attached hydrogens (primary N) is 1. The fourth-order valence-electron chi connectivity index (χ4n) is 1.30. The molecule has 3 N–H and O–H groups in total. The number of hydrogen-bond donors (Lipinski definition) is 2. The minimum atomic E-state index is -0.141. The smallest absolute Gasteiger partial charge is 0.237 e. The Morgan fingerprint density at radius 1 is 1.59 bits per heavy atom. The van der Waals surface area contributed by atoms with E-state index in [0.717, 1.165) is 0 Å². The molecular weight excluding hydrogens is 218 g/mol. The highest BCUT2D eigenvalue weighted by atomic mass is 16.5. The molecule has 1 aromatic heterocycles. The predicted octanol–water partition coefficient (Wildman–Crippen LogP) is 1.40. The molecule has 1 aromatic rings. The van der Waals surface area contributed by atoms with Crippen LogP contribution in [0, 0.1) is 5.92 Å². The van der Waals surface area contributed by atoms with Crippen molar-refractivity contribution < 1.29 is 9.53 Å². The highest BCUT2D eigenvalue weighted by Gasteiger charge is 2.14. The molecule has 1 heterocycles. The number of pyridine rings is 1. The maximum absolute atomic E-state index is 11.7. The lowest BCUT2D eigenvalue weighted by molar-refractivity contribution is -0.116. The van der Waals surface area contributed by atoms with Crippen LogP contribution in [-0.2, 0) is 4.79 Å². The van der Waals surface area contributed by atoms with Crippen LogP contribution in [0.4, 0.5) is 5.69 Å².